The number of aromatic amines is 1. The zero-order valence-electron chi connectivity index (χ0n) is 9.44. The first-order chi connectivity index (χ1) is 8.61. The number of nitrogens with two attached hydrogens (primary N) is 1. The Kier molecular flexibility index (Phi) is 3.78. The van der Waals surface area contributed by atoms with E-state index in [1.54, 1.807) is 18.5 Å². The molecule has 0 fully saturated rings. The van der Waals surface area contributed by atoms with Gasteiger partial charge in [-0.05, 0) is 23.9 Å². The van der Waals surface area contributed by atoms with E-state index in [2.05, 4.69) is 9.97 Å². The van der Waals surface area contributed by atoms with Crippen molar-refractivity contribution in [2.45, 2.75) is 10.1 Å². The van der Waals surface area contributed by atoms with Crippen LogP contribution in [0.2, 0.25) is 5.02 Å². The maximum absolute atomic E-state index is 11.7. The molecule has 0 aliphatic rings. The first kappa shape index (κ1) is 12.8. The molecule has 0 saturated heterocycles. The molecule has 0 aliphatic carbocycles. The Hall–Kier alpha value is -1.66. The molecule has 7 heteroatoms. The fourth-order valence-electron chi connectivity index (χ4n) is 1.38. The smallest absolute Gasteiger partial charge is 0.339 e. The molecule has 1 aromatic carbocycles. The Labute approximate surface area is 113 Å². The van der Waals surface area contributed by atoms with Gasteiger partial charge in [0.1, 0.15) is 0 Å². The summed E-state index contributed by atoms with van der Waals surface area (Å²) in [6.45, 7) is 0. The number of H-pyrrole nitrogens is 1. The summed E-state index contributed by atoms with van der Waals surface area (Å²) in [5.74, 6) is -0.488. The molecule has 5 nitrogen and oxygen atoms in total. The van der Waals surface area contributed by atoms with Gasteiger partial charge in [0.25, 0.3) is 0 Å². The van der Waals surface area contributed by atoms with E-state index in [0.717, 1.165) is 0 Å². The lowest BCUT2D eigenvalue weighted by Crippen LogP contribution is -2.05. The number of carbonyl (C=O) groups is 1. The first-order valence-corrected chi connectivity index (χ1v) is 6.16. The highest BCUT2D eigenvalue weighted by molar-refractivity contribution is 7.99. The molecule has 1 heterocycles. The second kappa shape index (κ2) is 5.32. The molecular weight excluding hydrogens is 274 g/mol. The van der Waals surface area contributed by atoms with Crippen molar-refractivity contribution >= 4 is 35.0 Å². The van der Waals surface area contributed by atoms with E-state index in [0.29, 0.717) is 26.3 Å². The Morgan fingerprint density at radius 1 is 1.56 bits per heavy atom. The fourth-order valence-corrected chi connectivity index (χ4v) is 2.57. The van der Waals surface area contributed by atoms with Gasteiger partial charge in [-0.3, -0.25) is 0 Å². The van der Waals surface area contributed by atoms with E-state index in [4.69, 9.17) is 22.1 Å². The van der Waals surface area contributed by atoms with Crippen LogP contribution in [0.1, 0.15) is 10.4 Å². The Morgan fingerprint density at radius 2 is 2.33 bits per heavy atom. The molecule has 2 aromatic rings. The minimum atomic E-state index is -0.488. The van der Waals surface area contributed by atoms with Crippen molar-refractivity contribution < 1.29 is 9.53 Å². The van der Waals surface area contributed by atoms with E-state index >= 15 is 0 Å². The van der Waals surface area contributed by atoms with Crippen molar-refractivity contribution in [3.05, 3.63) is 35.1 Å². The van der Waals surface area contributed by atoms with Crippen LogP contribution in [-0.4, -0.2) is 23.0 Å². The molecule has 18 heavy (non-hydrogen) atoms. The van der Waals surface area contributed by atoms with E-state index in [1.165, 1.54) is 24.9 Å². The number of anilines is 1. The lowest BCUT2D eigenvalue weighted by molar-refractivity contribution is 0.0597. The third-order valence-corrected chi connectivity index (χ3v) is 3.61. The Morgan fingerprint density at radius 3 is 2.94 bits per heavy atom. The highest BCUT2D eigenvalue weighted by atomic mass is 35.5. The van der Waals surface area contributed by atoms with Crippen LogP contribution in [0.25, 0.3) is 0 Å². The number of imidazole rings is 1. The molecule has 0 aliphatic heterocycles. The molecule has 0 radical (unpaired) electrons. The number of carbonyl (C=O) groups excluding carboxylic acids is 1. The predicted molar refractivity (Wildman–Crippen MR) is 69.9 cm³/mol. The fraction of sp³-hybridized carbons (Fsp3) is 0.0909. The van der Waals surface area contributed by atoms with Crippen molar-refractivity contribution in [1.29, 1.82) is 0 Å². The highest BCUT2D eigenvalue weighted by Gasteiger charge is 2.18. The molecule has 2 rings (SSSR count). The molecule has 0 amide bonds. The summed E-state index contributed by atoms with van der Waals surface area (Å²) >= 11 is 7.35. The van der Waals surface area contributed by atoms with Gasteiger partial charge in [-0.15, -0.1) is 0 Å². The average molecular weight is 284 g/mol. The van der Waals surface area contributed by atoms with Crippen LogP contribution < -0.4 is 5.73 Å². The summed E-state index contributed by atoms with van der Waals surface area (Å²) in [4.78, 5) is 19.2. The SMILES string of the molecule is COC(=O)c1cc(N)cc(Cl)c1Sc1ncc[nH]1. The monoisotopic (exact) mass is 283 g/mol. The van der Waals surface area contributed by atoms with Gasteiger partial charge in [0, 0.05) is 23.0 Å². The van der Waals surface area contributed by atoms with Crippen molar-refractivity contribution in [3.8, 4) is 0 Å². The Bertz CT molecular complexity index is 572. The number of hydrogen-bond donors (Lipinski definition) is 2. The number of rotatable bonds is 3. The van der Waals surface area contributed by atoms with Gasteiger partial charge in [-0.1, -0.05) is 11.6 Å². The van der Waals surface area contributed by atoms with Crippen molar-refractivity contribution in [1.82, 2.24) is 9.97 Å². The number of halogens is 1. The topological polar surface area (TPSA) is 81.0 Å². The van der Waals surface area contributed by atoms with Crippen molar-refractivity contribution in [3.63, 3.8) is 0 Å². The van der Waals surface area contributed by atoms with Gasteiger partial charge >= 0.3 is 5.97 Å². The quantitative estimate of drug-likeness (QED) is 0.668. The minimum absolute atomic E-state index is 0.323. The summed E-state index contributed by atoms with van der Waals surface area (Å²) in [5.41, 5.74) is 6.40. The molecule has 1 aromatic heterocycles. The number of benzene rings is 1. The molecule has 3 N–H and O–H groups in total. The lowest BCUT2D eigenvalue weighted by atomic mass is 10.2. The number of aromatic nitrogens is 2. The summed E-state index contributed by atoms with van der Waals surface area (Å²) in [6.07, 6.45) is 3.30. The summed E-state index contributed by atoms with van der Waals surface area (Å²) in [7, 11) is 1.31. The largest absolute Gasteiger partial charge is 0.465 e. The molecule has 94 valence electrons. The van der Waals surface area contributed by atoms with Crippen LogP contribution in [0.4, 0.5) is 5.69 Å². The van der Waals surface area contributed by atoms with Crippen LogP contribution >= 0.6 is 23.4 Å². The first-order valence-electron chi connectivity index (χ1n) is 4.96. The number of nitrogens with one attached hydrogen (secondary N) is 1. The van der Waals surface area contributed by atoms with Crippen molar-refractivity contribution in [2.24, 2.45) is 0 Å². The molecule has 0 saturated carbocycles. The number of methoxy groups -OCH3 is 1. The normalized spacial score (nSPS) is 10.3. The third kappa shape index (κ3) is 2.60. The number of ether oxygens (including phenoxy) is 1. The minimum Gasteiger partial charge on any atom is -0.465 e. The molecule has 0 spiro atoms. The number of nitrogens with zero attached hydrogens (tertiary/aromatic N) is 1. The molecular formula is C11H10ClN3O2S. The maximum atomic E-state index is 11.7. The van der Waals surface area contributed by atoms with E-state index < -0.39 is 5.97 Å². The van der Waals surface area contributed by atoms with E-state index in [9.17, 15) is 4.79 Å². The maximum Gasteiger partial charge on any atom is 0.339 e. The van der Waals surface area contributed by atoms with Gasteiger partial charge < -0.3 is 15.5 Å². The predicted octanol–water partition coefficient (Wildman–Crippen LogP) is 2.58. The second-order valence-electron chi connectivity index (χ2n) is 3.37. The van der Waals surface area contributed by atoms with E-state index in [1.807, 2.05) is 0 Å². The average Bonchev–Trinajstić information content (AvgIpc) is 2.84. The molecule has 0 bridgehead atoms. The third-order valence-electron chi connectivity index (χ3n) is 2.14. The van der Waals surface area contributed by atoms with Gasteiger partial charge in [0.05, 0.1) is 17.7 Å². The number of nitrogen functional groups attached to an aromatic ring is 1. The zero-order valence-corrected chi connectivity index (χ0v) is 11.0. The second-order valence-corrected chi connectivity index (χ2v) is 4.77. The van der Waals surface area contributed by atoms with Crippen LogP contribution in [0.15, 0.2) is 34.6 Å². The van der Waals surface area contributed by atoms with E-state index in [-0.39, 0.29) is 0 Å². The highest BCUT2D eigenvalue weighted by Crippen LogP contribution is 2.36. The lowest BCUT2D eigenvalue weighted by Gasteiger charge is -2.09. The zero-order chi connectivity index (χ0) is 13.1. The van der Waals surface area contributed by atoms with Crippen molar-refractivity contribution in [2.75, 3.05) is 12.8 Å². The van der Waals surface area contributed by atoms with Gasteiger partial charge in [0.2, 0.25) is 0 Å². The summed E-state index contributed by atoms with van der Waals surface area (Å²) < 4.78 is 4.71. The van der Waals surface area contributed by atoms with Crippen LogP contribution in [0, 0.1) is 0 Å². The summed E-state index contributed by atoms with van der Waals surface area (Å²) in [5, 5.41) is 1.02. The van der Waals surface area contributed by atoms with Gasteiger partial charge in [0.15, 0.2) is 5.16 Å². The van der Waals surface area contributed by atoms with Crippen LogP contribution in [-0.2, 0) is 4.74 Å². The molecule has 0 atom stereocenters. The number of esters is 1. The standard InChI is InChI=1S/C11H10ClN3O2S/c1-17-10(16)7-4-6(13)5-8(12)9(7)18-11-14-2-3-15-11/h2-5H,13H2,1H3,(H,14,15). The van der Waals surface area contributed by atoms with Crippen LogP contribution in [0.5, 0.6) is 0 Å². The molecule has 0 unspecified atom stereocenters. The number of hydrogen-bond acceptors (Lipinski definition) is 5. The summed E-state index contributed by atoms with van der Waals surface area (Å²) in [6, 6.07) is 3.11. The Balaban J connectivity index is 2.47. The van der Waals surface area contributed by atoms with Gasteiger partial charge in [-0.2, -0.15) is 0 Å². The van der Waals surface area contributed by atoms with Gasteiger partial charge in [-0.25, -0.2) is 9.78 Å². The van der Waals surface area contributed by atoms with Crippen LogP contribution in [0.3, 0.4) is 0 Å².